The zero-order chi connectivity index (χ0) is 22.7. The van der Waals surface area contributed by atoms with Crippen LogP contribution in [0.3, 0.4) is 0 Å². The van der Waals surface area contributed by atoms with E-state index in [1.165, 1.54) is 0 Å². The number of benzene rings is 2. The van der Waals surface area contributed by atoms with Crippen LogP contribution in [0.15, 0.2) is 53.1 Å². The number of para-hydroxylation sites is 1. The van der Waals surface area contributed by atoms with Crippen molar-refractivity contribution in [2.45, 2.75) is 45.3 Å². The summed E-state index contributed by atoms with van der Waals surface area (Å²) in [7, 11) is 0. The molecule has 0 atom stereocenters. The molecule has 8 heteroatoms. The molecule has 1 fully saturated rings. The molecule has 0 bridgehead atoms. The number of hydrogen-bond donors (Lipinski definition) is 1. The third-order valence-corrected chi connectivity index (χ3v) is 5.67. The van der Waals surface area contributed by atoms with Gasteiger partial charge in [-0.05, 0) is 54.9 Å². The Bertz CT molecular complexity index is 1090. The molecule has 32 heavy (non-hydrogen) atoms. The summed E-state index contributed by atoms with van der Waals surface area (Å²) in [6, 6.07) is 13.7. The quantitative estimate of drug-likeness (QED) is 0.481. The summed E-state index contributed by atoms with van der Waals surface area (Å²) in [5.41, 5.74) is 1.23. The lowest BCUT2D eigenvalue weighted by Gasteiger charge is -2.33. The maximum Gasteiger partial charge on any atom is 0.410 e. The van der Waals surface area contributed by atoms with Crippen molar-refractivity contribution in [3.8, 4) is 5.75 Å². The molecule has 0 spiro atoms. The zero-order valence-electron chi connectivity index (χ0n) is 18.5. The van der Waals surface area contributed by atoms with E-state index in [0.717, 1.165) is 39.7 Å². The average molecular weight is 499 g/mol. The lowest BCUT2D eigenvalue weighted by molar-refractivity contribution is 0.0126. The number of carbonyl (C=O) groups excluding carboxylic acids is 1. The Morgan fingerprint density at radius 2 is 1.88 bits per heavy atom. The van der Waals surface area contributed by atoms with E-state index in [2.05, 4.69) is 31.2 Å². The minimum Gasteiger partial charge on any atom is -0.489 e. The largest absolute Gasteiger partial charge is 0.489 e. The smallest absolute Gasteiger partial charge is 0.410 e. The number of ether oxygens (including phenoxy) is 2. The van der Waals surface area contributed by atoms with Gasteiger partial charge in [0.2, 0.25) is 5.95 Å². The Morgan fingerprint density at radius 1 is 1.16 bits per heavy atom. The van der Waals surface area contributed by atoms with Crippen LogP contribution in [0.1, 0.15) is 33.6 Å². The molecule has 0 radical (unpaired) electrons. The predicted octanol–water partition coefficient (Wildman–Crippen LogP) is 5.91. The van der Waals surface area contributed by atoms with Crippen LogP contribution in [-0.2, 0) is 4.74 Å². The molecule has 1 aromatic heterocycles. The van der Waals surface area contributed by atoms with Crippen LogP contribution in [0, 0.1) is 0 Å². The second kappa shape index (κ2) is 9.32. The highest BCUT2D eigenvalue weighted by Gasteiger charge is 2.28. The summed E-state index contributed by atoms with van der Waals surface area (Å²) in [4.78, 5) is 23.1. The predicted molar refractivity (Wildman–Crippen MR) is 128 cm³/mol. The standard InChI is InChI=1S/C24H27BrN4O3/c1-24(2,3)32-23(30)29-11-9-18(10-12-29)31-21-14-20-16(13-19(21)25)15-26-22(28-20)27-17-7-5-4-6-8-17/h4-8,13-15,18H,9-12H2,1-3H3,(H,26,27,28). The van der Waals surface area contributed by atoms with E-state index in [4.69, 9.17) is 9.47 Å². The summed E-state index contributed by atoms with van der Waals surface area (Å²) in [5, 5.41) is 4.14. The van der Waals surface area contributed by atoms with E-state index in [0.29, 0.717) is 19.0 Å². The number of rotatable bonds is 4. The maximum absolute atomic E-state index is 12.3. The fraction of sp³-hybridized carbons (Fsp3) is 0.375. The molecule has 1 amide bonds. The fourth-order valence-electron chi connectivity index (χ4n) is 3.50. The topological polar surface area (TPSA) is 76.6 Å². The molecule has 1 aliphatic rings. The van der Waals surface area contributed by atoms with Crippen LogP contribution < -0.4 is 10.1 Å². The molecular weight excluding hydrogens is 472 g/mol. The summed E-state index contributed by atoms with van der Waals surface area (Å²) in [6.07, 6.45) is 3.04. The van der Waals surface area contributed by atoms with Gasteiger partial charge in [0.15, 0.2) is 0 Å². The number of nitrogens with zero attached hydrogens (tertiary/aromatic N) is 3. The first-order valence-electron chi connectivity index (χ1n) is 10.7. The van der Waals surface area contributed by atoms with Gasteiger partial charge < -0.3 is 19.7 Å². The van der Waals surface area contributed by atoms with E-state index < -0.39 is 5.60 Å². The van der Waals surface area contributed by atoms with Gasteiger partial charge in [-0.2, -0.15) is 0 Å². The van der Waals surface area contributed by atoms with Crippen molar-refractivity contribution in [2.75, 3.05) is 18.4 Å². The molecule has 7 nitrogen and oxygen atoms in total. The number of likely N-dealkylation sites (tertiary alicyclic amines) is 1. The second-order valence-corrected chi connectivity index (χ2v) is 9.67. The Kier molecular flexibility index (Phi) is 6.50. The van der Waals surface area contributed by atoms with Crippen molar-refractivity contribution in [1.82, 2.24) is 14.9 Å². The normalized spacial score (nSPS) is 14.9. The second-order valence-electron chi connectivity index (χ2n) is 8.81. The van der Waals surface area contributed by atoms with Crippen molar-refractivity contribution in [2.24, 2.45) is 0 Å². The van der Waals surface area contributed by atoms with E-state index in [9.17, 15) is 4.79 Å². The molecule has 168 valence electrons. The average Bonchev–Trinajstić information content (AvgIpc) is 2.74. The van der Waals surface area contributed by atoms with Gasteiger partial charge in [-0.15, -0.1) is 0 Å². The van der Waals surface area contributed by atoms with Crippen molar-refractivity contribution in [3.05, 3.63) is 53.1 Å². The van der Waals surface area contributed by atoms with Crippen molar-refractivity contribution in [3.63, 3.8) is 0 Å². The number of nitrogens with one attached hydrogen (secondary N) is 1. The van der Waals surface area contributed by atoms with Gasteiger partial charge in [0.05, 0.1) is 9.99 Å². The SMILES string of the molecule is CC(C)(C)OC(=O)N1CCC(Oc2cc3nc(Nc4ccccc4)ncc3cc2Br)CC1. The van der Waals surface area contributed by atoms with Crippen LogP contribution in [0.25, 0.3) is 10.9 Å². The number of carbonyl (C=O) groups is 1. The van der Waals surface area contributed by atoms with Crippen LogP contribution in [0.2, 0.25) is 0 Å². The first kappa shape index (κ1) is 22.3. The number of amides is 1. The van der Waals surface area contributed by atoms with E-state index >= 15 is 0 Å². The third kappa shape index (κ3) is 5.68. The monoisotopic (exact) mass is 498 g/mol. The number of fused-ring (bicyclic) bond motifs is 1. The Labute approximate surface area is 196 Å². The molecule has 2 heterocycles. The Hall–Kier alpha value is -2.87. The van der Waals surface area contributed by atoms with Gasteiger partial charge in [-0.25, -0.2) is 14.8 Å². The molecular formula is C24H27BrN4O3. The molecule has 0 unspecified atom stereocenters. The highest BCUT2D eigenvalue weighted by Crippen LogP contribution is 2.32. The Balaban J connectivity index is 1.43. The minimum atomic E-state index is -0.490. The Morgan fingerprint density at radius 3 is 2.56 bits per heavy atom. The van der Waals surface area contributed by atoms with Crippen LogP contribution in [0.5, 0.6) is 5.75 Å². The number of halogens is 1. The number of piperidine rings is 1. The molecule has 0 saturated carbocycles. The van der Waals surface area contributed by atoms with Gasteiger partial charge in [0.1, 0.15) is 17.5 Å². The van der Waals surface area contributed by atoms with Gasteiger partial charge in [0, 0.05) is 49.3 Å². The molecule has 1 N–H and O–H groups in total. The van der Waals surface area contributed by atoms with Gasteiger partial charge in [-0.1, -0.05) is 18.2 Å². The van der Waals surface area contributed by atoms with Gasteiger partial charge in [-0.3, -0.25) is 0 Å². The lowest BCUT2D eigenvalue weighted by Crippen LogP contribution is -2.44. The number of anilines is 2. The lowest BCUT2D eigenvalue weighted by atomic mass is 10.1. The first-order chi connectivity index (χ1) is 15.3. The van der Waals surface area contributed by atoms with Gasteiger partial charge in [0.25, 0.3) is 0 Å². The van der Waals surface area contributed by atoms with E-state index in [1.807, 2.05) is 63.2 Å². The van der Waals surface area contributed by atoms with Crippen LogP contribution in [-0.4, -0.2) is 45.8 Å². The summed E-state index contributed by atoms with van der Waals surface area (Å²) >= 11 is 3.60. The van der Waals surface area contributed by atoms with Crippen molar-refractivity contribution < 1.29 is 14.3 Å². The molecule has 0 aliphatic carbocycles. The molecule has 4 rings (SSSR count). The third-order valence-electron chi connectivity index (χ3n) is 5.05. The highest BCUT2D eigenvalue weighted by atomic mass is 79.9. The number of aromatic nitrogens is 2. The van der Waals surface area contributed by atoms with Gasteiger partial charge >= 0.3 is 6.09 Å². The van der Waals surface area contributed by atoms with Crippen molar-refractivity contribution in [1.29, 1.82) is 0 Å². The fourth-order valence-corrected chi connectivity index (χ4v) is 3.95. The maximum atomic E-state index is 12.3. The van der Waals surface area contributed by atoms with Crippen LogP contribution >= 0.6 is 15.9 Å². The molecule has 1 aliphatic heterocycles. The summed E-state index contributed by atoms with van der Waals surface area (Å²) in [5.74, 6) is 1.26. The van der Waals surface area contributed by atoms with E-state index in [-0.39, 0.29) is 12.2 Å². The highest BCUT2D eigenvalue weighted by molar-refractivity contribution is 9.10. The summed E-state index contributed by atoms with van der Waals surface area (Å²) in [6.45, 7) is 6.85. The summed E-state index contributed by atoms with van der Waals surface area (Å²) < 4.78 is 12.6. The molecule has 3 aromatic rings. The van der Waals surface area contributed by atoms with E-state index in [1.54, 1.807) is 11.1 Å². The minimum absolute atomic E-state index is 0.0196. The number of hydrogen-bond acceptors (Lipinski definition) is 6. The molecule has 2 aromatic carbocycles. The molecule has 1 saturated heterocycles. The first-order valence-corrected chi connectivity index (χ1v) is 11.5. The van der Waals surface area contributed by atoms with Crippen molar-refractivity contribution >= 4 is 44.6 Å². The zero-order valence-corrected chi connectivity index (χ0v) is 20.1. The van der Waals surface area contributed by atoms with Crippen LogP contribution in [0.4, 0.5) is 16.4 Å².